The number of likely N-dealkylation sites (tertiary alicyclic amines) is 1. The van der Waals surface area contributed by atoms with Gasteiger partial charge in [-0.05, 0) is 57.8 Å². The van der Waals surface area contributed by atoms with Crippen LogP contribution in [0.25, 0.3) is 0 Å². The highest BCUT2D eigenvalue weighted by molar-refractivity contribution is 5.83. The minimum absolute atomic E-state index is 0.0291. The van der Waals surface area contributed by atoms with E-state index in [1.807, 2.05) is 0 Å². The predicted molar refractivity (Wildman–Crippen MR) is 122 cm³/mol. The molecule has 2 heteroatoms. The molecule has 1 amide bonds. The normalized spacial score (nSPS) is 19.1. The molecule has 28 heavy (non-hydrogen) atoms. The van der Waals surface area contributed by atoms with Gasteiger partial charge in [0.1, 0.15) is 0 Å². The predicted octanol–water partition coefficient (Wildman–Crippen LogP) is 7.82. The van der Waals surface area contributed by atoms with Gasteiger partial charge in [-0.1, -0.05) is 83.3 Å². The molecule has 0 bridgehead atoms. The molecule has 1 saturated carbocycles. The van der Waals surface area contributed by atoms with Crippen LogP contribution in [0, 0.1) is 5.41 Å². The molecule has 0 spiro atoms. The highest BCUT2D eigenvalue weighted by atomic mass is 16.2. The van der Waals surface area contributed by atoms with Gasteiger partial charge in [0.15, 0.2) is 0 Å². The van der Waals surface area contributed by atoms with Gasteiger partial charge in [0.05, 0.1) is 0 Å². The van der Waals surface area contributed by atoms with E-state index < -0.39 is 0 Å². The van der Waals surface area contributed by atoms with Crippen LogP contribution in [0.15, 0.2) is 12.2 Å². The Morgan fingerprint density at radius 2 is 1.29 bits per heavy atom. The Kier molecular flexibility index (Phi) is 11.9. The lowest BCUT2D eigenvalue weighted by atomic mass is 9.79. The molecular weight excluding hydrogens is 342 g/mol. The number of amides is 1. The smallest absolute Gasteiger partial charge is 0.228 e. The van der Waals surface area contributed by atoms with E-state index in [2.05, 4.69) is 24.0 Å². The van der Waals surface area contributed by atoms with Gasteiger partial charge in [-0.3, -0.25) is 4.79 Å². The fourth-order valence-corrected chi connectivity index (χ4v) is 5.24. The molecule has 1 heterocycles. The van der Waals surface area contributed by atoms with Crippen LogP contribution >= 0.6 is 0 Å². The Balaban J connectivity index is 1.48. The maximum absolute atomic E-state index is 13.1. The van der Waals surface area contributed by atoms with Crippen molar-refractivity contribution in [2.75, 3.05) is 13.1 Å². The first kappa shape index (κ1) is 23.5. The molecule has 2 rings (SSSR count). The van der Waals surface area contributed by atoms with Crippen LogP contribution in [0.2, 0.25) is 0 Å². The maximum Gasteiger partial charge on any atom is 0.228 e. The van der Waals surface area contributed by atoms with Crippen molar-refractivity contribution < 1.29 is 4.79 Å². The second-order valence-electron chi connectivity index (χ2n) is 9.47. The van der Waals surface area contributed by atoms with Crippen molar-refractivity contribution >= 4 is 5.91 Å². The van der Waals surface area contributed by atoms with Crippen molar-refractivity contribution in [2.24, 2.45) is 5.41 Å². The topological polar surface area (TPSA) is 20.3 Å². The van der Waals surface area contributed by atoms with Gasteiger partial charge < -0.3 is 4.90 Å². The van der Waals surface area contributed by atoms with Gasteiger partial charge in [-0.25, -0.2) is 0 Å². The number of hydrogen-bond acceptors (Lipinski definition) is 1. The summed E-state index contributed by atoms with van der Waals surface area (Å²) in [6, 6.07) is 0. The van der Waals surface area contributed by atoms with Gasteiger partial charge in [-0.2, -0.15) is 0 Å². The van der Waals surface area contributed by atoms with E-state index in [0.29, 0.717) is 5.91 Å². The zero-order valence-corrected chi connectivity index (χ0v) is 18.9. The fourth-order valence-electron chi connectivity index (χ4n) is 5.24. The summed E-state index contributed by atoms with van der Waals surface area (Å²) in [5, 5.41) is 0. The molecule has 1 aliphatic heterocycles. The average Bonchev–Trinajstić information content (AvgIpc) is 3.40. The van der Waals surface area contributed by atoms with Crippen molar-refractivity contribution in [2.45, 2.75) is 129 Å². The molecule has 1 saturated heterocycles. The highest BCUT2D eigenvalue weighted by Crippen LogP contribution is 2.44. The van der Waals surface area contributed by atoms with E-state index in [1.165, 1.54) is 103 Å². The van der Waals surface area contributed by atoms with Crippen LogP contribution in [0.3, 0.4) is 0 Å². The fraction of sp³-hybridized carbons (Fsp3) is 0.885. The Bertz CT molecular complexity index is 430. The lowest BCUT2D eigenvalue weighted by molar-refractivity contribution is -0.141. The molecule has 0 radical (unpaired) electrons. The van der Waals surface area contributed by atoms with Crippen LogP contribution in [0.5, 0.6) is 0 Å². The first-order chi connectivity index (χ1) is 13.8. The minimum Gasteiger partial charge on any atom is -0.342 e. The third kappa shape index (κ3) is 8.29. The number of allylic oxidation sites excluding steroid dienone is 2. The largest absolute Gasteiger partial charge is 0.342 e. The number of rotatable bonds is 15. The zero-order valence-electron chi connectivity index (χ0n) is 18.9. The number of hydrogen-bond donors (Lipinski definition) is 0. The summed E-state index contributed by atoms with van der Waals surface area (Å²) in [6.45, 7) is 4.32. The minimum atomic E-state index is 0.0291. The molecule has 0 aromatic heterocycles. The molecule has 2 aliphatic rings. The first-order valence-corrected chi connectivity index (χ1v) is 12.7. The van der Waals surface area contributed by atoms with Gasteiger partial charge in [-0.15, -0.1) is 0 Å². The summed E-state index contributed by atoms with van der Waals surface area (Å²) in [7, 11) is 0. The molecule has 0 atom stereocenters. The van der Waals surface area contributed by atoms with Gasteiger partial charge >= 0.3 is 0 Å². The Morgan fingerprint density at radius 1 is 0.750 bits per heavy atom. The standard InChI is InChI=1S/C26H47NO/c1-2-3-4-5-6-7-8-9-10-11-12-13-14-15-20-26(21-16-17-22-26)25(28)27-23-18-19-24-27/h9-10H,2-8,11-24H2,1H3/b10-9-. The van der Waals surface area contributed by atoms with Crippen molar-refractivity contribution in [3.8, 4) is 0 Å². The Labute approximate surface area is 175 Å². The maximum atomic E-state index is 13.1. The molecule has 2 fully saturated rings. The van der Waals surface area contributed by atoms with Crippen molar-refractivity contribution in [1.29, 1.82) is 0 Å². The molecule has 1 aliphatic carbocycles. The number of carbonyl (C=O) groups is 1. The van der Waals surface area contributed by atoms with Crippen LogP contribution in [-0.2, 0) is 4.79 Å². The lowest BCUT2D eigenvalue weighted by Gasteiger charge is -2.32. The van der Waals surface area contributed by atoms with Crippen molar-refractivity contribution in [3.05, 3.63) is 12.2 Å². The third-order valence-corrected chi connectivity index (χ3v) is 7.07. The Morgan fingerprint density at radius 3 is 1.89 bits per heavy atom. The number of nitrogens with zero attached hydrogens (tertiary/aromatic N) is 1. The van der Waals surface area contributed by atoms with Crippen molar-refractivity contribution in [3.63, 3.8) is 0 Å². The lowest BCUT2D eigenvalue weighted by Crippen LogP contribution is -2.41. The highest BCUT2D eigenvalue weighted by Gasteiger charge is 2.43. The Hall–Kier alpha value is -0.790. The molecule has 0 unspecified atom stereocenters. The van der Waals surface area contributed by atoms with E-state index >= 15 is 0 Å². The zero-order chi connectivity index (χ0) is 19.9. The molecule has 0 aromatic carbocycles. The molecular formula is C26H47NO. The van der Waals surface area contributed by atoms with Crippen LogP contribution in [-0.4, -0.2) is 23.9 Å². The van der Waals surface area contributed by atoms with Gasteiger partial charge in [0, 0.05) is 18.5 Å². The summed E-state index contributed by atoms with van der Waals surface area (Å²) < 4.78 is 0. The van der Waals surface area contributed by atoms with Crippen LogP contribution in [0.4, 0.5) is 0 Å². The van der Waals surface area contributed by atoms with E-state index in [-0.39, 0.29) is 5.41 Å². The second-order valence-corrected chi connectivity index (χ2v) is 9.47. The monoisotopic (exact) mass is 389 g/mol. The molecule has 2 nitrogen and oxygen atoms in total. The quantitative estimate of drug-likeness (QED) is 0.206. The van der Waals surface area contributed by atoms with E-state index in [0.717, 1.165) is 32.4 Å². The van der Waals surface area contributed by atoms with E-state index in [1.54, 1.807) is 0 Å². The molecule has 162 valence electrons. The van der Waals surface area contributed by atoms with Crippen molar-refractivity contribution in [1.82, 2.24) is 4.90 Å². The summed E-state index contributed by atoms with van der Waals surface area (Å²) in [4.78, 5) is 15.2. The summed E-state index contributed by atoms with van der Waals surface area (Å²) in [6.07, 6.45) is 29.3. The van der Waals surface area contributed by atoms with Crippen LogP contribution < -0.4 is 0 Å². The average molecular weight is 390 g/mol. The third-order valence-electron chi connectivity index (χ3n) is 7.07. The van der Waals surface area contributed by atoms with E-state index in [9.17, 15) is 4.79 Å². The molecule has 0 N–H and O–H groups in total. The van der Waals surface area contributed by atoms with Gasteiger partial charge in [0.2, 0.25) is 5.91 Å². The van der Waals surface area contributed by atoms with Crippen LogP contribution in [0.1, 0.15) is 129 Å². The number of unbranched alkanes of at least 4 members (excludes halogenated alkanes) is 10. The summed E-state index contributed by atoms with van der Waals surface area (Å²) >= 11 is 0. The second kappa shape index (κ2) is 14.2. The number of carbonyl (C=O) groups excluding carboxylic acids is 1. The molecule has 0 aromatic rings. The van der Waals surface area contributed by atoms with Gasteiger partial charge in [0.25, 0.3) is 0 Å². The SMILES string of the molecule is CCCCCCCC/C=C\CCCCCCC1(C(=O)N2CCCC2)CCCC1. The first-order valence-electron chi connectivity index (χ1n) is 12.7. The summed E-state index contributed by atoms with van der Waals surface area (Å²) in [5.41, 5.74) is 0.0291. The summed E-state index contributed by atoms with van der Waals surface area (Å²) in [5.74, 6) is 0.514. The van der Waals surface area contributed by atoms with E-state index in [4.69, 9.17) is 0 Å².